The third kappa shape index (κ3) is 5.66. The fourth-order valence-electron chi connectivity index (χ4n) is 3.18. The van der Waals surface area contributed by atoms with Crippen LogP contribution in [0.2, 0.25) is 0 Å². The van der Waals surface area contributed by atoms with E-state index in [1.807, 2.05) is 43.3 Å². The fraction of sp³-hybridized carbons (Fsp3) is 0.192. The Morgan fingerprint density at radius 1 is 0.774 bits per heavy atom. The number of ether oxygens (including phenoxy) is 1. The summed E-state index contributed by atoms with van der Waals surface area (Å²) in [6.45, 7) is 3.95. The standard InChI is InChI=1S/C26H25NO4/c1-18(20-11-5-3-6-12-20)17-27-25(29)19(2)31-26(30)23-16-10-9-15-22(23)24(28)21-13-7-4-8-14-21/h3-16,18-19H,17H2,1-2H3,(H,27,29)/t18-,19+/m0/s1. The van der Waals surface area contributed by atoms with Gasteiger partial charge in [0.05, 0.1) is 5.56 Å². The predicted octanol–water partition coefficient (Wildman–Crippen LogP) is 4.38. The molecule has 31 heavy (non-hydrogen) atoms. The molecule has 5 nitrogen and oxygen atoms in total. The smallest absolute Gasteiger partial charge is 0.339 e. The van der Waals surface area contributed by atoms with Crippen LogP contribution in [0.1, 0.15) is 51.6 Å². The second kappa shape index (κ2) is 10.3. The van der Waals surface area contributed by atoms with Gasteiger partial charge in [-0.25, -0.2) is 4.79 Å². The highest BCUT2D eigenvalue weighted by Gasteiger charge is 2.23. The third-order valence-corrected chi connectivity index (χ3v) is 5.03. The molecule has 0 aliphatic heterocycles. The molecule has 1 N–H and O–H groups in total. The fourth-order valence-corrected chi connectivity index (χ4v) is 3.18. The van der Waals surface area contributed by atoms with Crippen molar-refractivity contribution in [1.82, 2.24) is 5.32 Å². The zero-order chi connectivity index (χ0) is 22.2. The lowest BCUT2D eigenvalue weighted by atomic mass is 9.98. The van der Waals surface area contributed by atoms with Crippen molar-refractivity contribution in [1.29, 1.82) is 0 Å². The maximum absolute atomic E-state index is 12.8. The molecule has 1 amide bonds. The Bertz CT molecular complexity index is 1050. The van der Waals surface area contributed by atoms with Gasteiger partial charge in [-0.3, -0.25) is 9.59 Å². The average Bonchev–Trinajstić information content (AvgIpc) is 2.82. The summed E-state index contributed by atoms with van der Waals surface area (Å²) in [5.74, 6) is -1.25. The van der Waals surface area contributed by atoms with E-state index in [0.29, 0.717) is 12.1 Å². The second-order valence-electron chi connectivity index (χ2n) is 7.35. The summed E-state index contributed by atoms with van der Waals surface area (Å²) >= 11 is 0. The van der Waals surface area contributed by atoms with Gasteiger partial charge in [0.15, 0.2) is 11.9 Å². The zero-order valence-corrected chi connectivity index (χ0v) is 17.6. The molecule has 3 aromatic rings. The molecule has 0 heterocycles. The highest BCUT2D eigenvalue weighted by Crippen LogP contribution is 2.17. The van der Waals surface area contributed by atoms with Gasteiger partial charge in [0.1, 0.15) is 0 Å². The molecule has 0 unspecified atom stereocenters. The van der Waals surface area contributed by atoms with Crippen LogP contribution in [-0.2, 0) is 9.53 Å². The highest BCUT2D eigenvalue weighted by molar-refractivity contribution is 6.14. The van der Waals surface area contributed by atoms with Crippen LogP contribution in [0.15, 0.2) is 84.9 Å². The first-order valence-electron chi connectivity index (χ1n) is 10.2. The molecule has 0 bridgehead atoms. The molecule has 0 aromatic heterocycles. The van der Waals surface area contributed by atoms with Crippen LogP contribution in [0, 0.1) is 0 Å². The Kier molecular flexibility index (Phi) is 7.33. The van der Waals surface area contributed by atoms with Crippen molar-refractivity contribution >= 4 is 17.7 Å². The lowest BCUT2D eigenvalue weighted by Crippen LogP contribution is -2.37. The number of carbonyl (C=O) groups excluding carboxylic acids is 3. The number of esters is 1. The maximum atomic E-state index is 12.8. The van der Waals surface area contributed by atoms with Gasteiger partial charge in [0, 0.05) is 17.7 Å². The van der Waals surface area contributed by atoms with Gasteiger partial charge in [0.2, 0.25) is 0 Å². The molecule has 0 saturated heterocycles. The molecule has 2 atom stereocenters. The van der Waals surface area contributed by atoms with Crippen LogP contribution < -0.4 is 5.32 Å². The number of hydrogen-bond donors (Lipinski definition) is 1. The number of rotatable bonds is 8. The molecule has 0 aliphatic carbocycles. The molecule has 0 radical (unpaired) electrons. The minimum atomic E-state index is -0.990. The number of hydrogen-bond acceptors (Lipinski definition) is 4. The van der Waals surface area contributed by atoms with E-state index in [-0.39, 0.29) is 28.7 Å². The Morgan fingerprint density at radius 3 is 1.97 bits per heavy atom. The van der Waals surface area contributed by atoms with E-state index in [9.17, 15) is 14.4 Å². The van der Waals surface area contributed by atoms with E-state index in [0.717, 1.165) is 5.56 Å². The quantitative estimate of drug-likeness (QED) is 0.438. The summed E-state index contributed by atoms with van der Waals surface area (Å²) < 4.78 is 5.36. The molecular weight excluding hydrogens is 390 g/mol. The van der Waals surface area contributed by atoms with Gasteiger partial charge in [-0.05, 0) is 24.5 Å². The Labute approximate surface area is 182 Å². The van der Waals surface area contributed by atoms with Crippen molar-refractivity contribution in [3.63, 3.8) is 0 Å². The largest absolute Gasteiger partial charge is 0.449 e. The molecule has 3 rings (SSSR count). The van der Waals surface area contributed by atoms with E-state index in [1.54, 1.807) is 42.5 Å². The Balaban J connectivity index is 1.63. The summed E-state index contributed by atoms with van der Waals surface area (Å²) in [6.07, 6.45) is -0.990. The van der Waals surface area contributed by atoms with Gasteiger partial charge in [-0.1, -0.05) is 85.8 Å². The molecule has 5 heteroatoms. The second-order valence-corrected chi connectivity index (χ2v) is 7.35. The van der Waals surface area contributed by atoms with Crippen LogP contribution in [0.25, 0.3) is 0 Å². The van der Waals surface area contributed by atoms with Gasteiger partial charge in [-0.15, -0.1) is 0 Å². The Morgan fingerprint density at radius 2 is 1.32 bits per heavy atom. The SMILES string of the molecule is C[C@@H](OC(=O)c1ccccc1C(=O)c1ccccc1)C(=O)NC[C@H](C)c1ccccc1. The number of amides is 1. The monoisotopic (exact) mass is 415 g/mol. The van der Waals surface area contributed by atoms with Crippen molar-refractivity contribution in [2.75, 3.05) is 6.54 Å². The Hall–Kier alpha value is -3.73. The van der Waals surface area contributed by atoms with Crippen LogP contribution in [0.4, 0.5) is 0 Å². The number of benzene rings is 3. The van der Waals surface area contributed by atoms with E-state index >= 15 is 0 Å². The lowest BCUT2D eigenvalue weighted by Gasteiger charge is -2.17. The van der Waals surface area contributed by atoms with Crippen LogP contribution in [0.3, 0.4) is 0 Å². The van der Waals surface area contributed by atoms with Crippen LogP contribution >= 0.6 is 0 Å². The van der Waals surface area contributed by atoms with Crippen LogP contribution in [-0.4, -0.2) is 30.3 Å². The molecule has 0 fully saturated rings. The summed E-state index contributed by atoms with van der Waals surface area (Å²) in [6, 6.07) is 25.0. The normalized spacial score (nSPS) is 12.5. The summed E-state index contributed by atoms with van der Waals surface area (Å²) in [4.78, 5) is 38.0. The highest BCUT2D eigenvalue weighted by atomic mass is 16.5. The summed E-state index contributed by atoms with van der Waals surface area (Å²) in [5.41, 5.74) is 1.96. The first-order valence-corrected chi connectivity index (χ1v) is 10.2. The van der Waals surface area contributed by atoms with Gasteiger partial charge in [-0.2, -0.15) is 0 Å². The predicted molar refractivity (Wildman–Crippen MR) is 119 cm³/mol. The molecule has 158 valence electrons. The number of nitrogens with one attached hydrogen (secondary N) is 1. The number of ketones is 1. The molecule has 0 spiro atoms. The lowest BCUT2D eigenvalue weighted by molar-refractivity contribution is -0.129. The van der Waals surface area contributed by atoms with Crippen LogP contribution in [0.5, 0.6) is 0 Å². The summed E-state index contributed by atoms with van der Waals surface area (Å²) in [5, 5.41) is 2.82. The van der Waals surface area contributed by atoms with Gasteiger partial charge < -0.3 is 10.1 Å². The van der Waals surface area contributed by atoms with Crippen molar-refractivity contribution in [2.45, 2.75) is 25.9 Å². The first kappa shape index (κ1) is 22.0. The average molecular weight is 415 g/mol. The molecular formula is C26H25NO4. The van der Waals surface area contributed by atoms with Gasteiger partial charge >= 0.3 is 5.97 Å². The van der Waals surface area contributed by atoms with Crippen molar-refractivity contribution in [3.05, 3.63) is 107 Å². The minimum Gasteiger partial charge on any atom is -0.449 e. The van der Waals surface area contributed by atoms with E-state index in [2.05, 4.69) is 5.32 Å². The summed E-state index contributed by atoms with van der Waals surface area (Å²) in [7, 11) is 0. The molecule has 0 aliphatic rings. The first-order chi connectivity index (χ1) is 15.0. The maximum Gasteiger partial charge on any atom is 0.339 e. The minimum absolute atomic E-state index is 0.122. The topological polar surface area (TPSA) is 72.5 Å². The zero-order valence-electron chi connectivity index (χ0n) is 17.6. The molecule has 0 saturated carbocycles. The number of carbonyl (C=O) groups is 3. The van der Waals surface area contributed by atoms with E-state index in [1.165, 1.54) is 13.0 Å². The van der Waals surface area contributed by atoms with Gasteiger partial charge in [0.25, 0.3) is 5.91 Å². The molecule has 3 aromatic carbocycles. The van der Waals surface area contributed by atoms with Crippen molar-refractivity contribution in [3.8, 4) is 0 Å². The van der Waals surface area contributed by atoms with E-state index in [4.69, 9.17) is 4.74 Å². The third-order valence-electron chi connectivity index (χ3n) is 5.03. The van der Waals surface area contributed by atoms with Crippen molar-refractivity contribution < 1.29 is 19.1 Å². The van der Waals surface area contributed by atoms with E-state index < -0.39 is 12.1 Å². The van der Waals surface area contributed by atoms with Crippen molar-refractivity contribution in [2.24, 2.45) is 0 Å².